The average molecular weight is 317 g/mol. The van der Waals surface area contributed by atoms with E-state index in [2.05, 4.69) is 5.32 Å². The smallest absolute Gasteiger partial charge is 0.260 e. The van der Waals surface area contributed by atoms with Gasteiger partial charge in [0.2, 0.25) is 0 Å². The Hall–Kier alpha value is -2.40. The zero-order valence-corrected chi connectivity index (χ0v) is 13.0. The molecule has 2 aromatic carbocycles. The van der Waals surface area contributed by atoms with Gasteiger partial charge in [-0.05, 0) is 42.7 Å². The molecule has 1 atom stereocenters. The molecule has 1 amide bonds. The van der Waals surface area contributed by atoms with Crippen LogP contribution in [0.25, 0.3) is 0 Å². The Labute approximate surface area is 134 Å². The van der Waals surface area contributed by atoms with Crippen LogP contribution in [0.15, 0.2) is 48.5 Å². The number of ether oxygens (including phenoxy) is 1. The summed E-state index contributed by atoms with van der Waals surface area (Å²) in [5.74, 6) is -0.0177. The van der Waals surface area contributed by atoms with Crippen LogP contribution in [-0.4, -0.2) is 23.7 Å². The number of aliphatic hydroxyl groups is 1. The van der Waals surface area contributed by atoms with Crippen LogP contribution >= 0.6 is 0 Å². The van der Waals surface area contributed by atoms with Crippen molar-refractivity contribution in [3.63, 3.8) is 0 Å². The number of aliphatic hydroxyl groups excluding tert-OH is 1. The lowest BCUT2D eigenvalue weighted by Gasteiger charge is -2.15. The lowest BCUT2D eigenvalue weighted by molar-refractivity contribution is -0.127. The highest BCUT2D eigenvalue weighted by Crippen LogP contribution is 2.15. The van der Waals surface area contributed by atoms with Crippen molar-refractivity contribution in [1.82, 2.24) is 5.32 Å². The second-order valence-electron chi connectivity index (χ2n) is 5.20. The zero-order valence-electron chi connectivity index (χ0n) is 13.0. The summed E-state index contributed by atoms with van der Waals surface area (Å²) in [6.07, 6.45) is -0.255. The number of benzene rings is 2. The number of carbonyl (C=O) groups is 1. The molecule has 23 heavy (non-hydrogen) atoms. The molecule has 0 aliphatic rings. The van der Waals surface area contributed by atoms with Crippen molar-refractivity contribution in [2.45, 2.75) is 26.1 Å². The van der Waals surface area contributed by atoms with E-state index < -0.39 is 6.10 Å². The molecule has 2 rings (SSSR count). The van der Waals surface area contributed by atoms with Crippen molar-refractivity contribution in [3.05, 3.63) is 65.5 Å². The third-order valence-corrected chi connectivity index (χ3v) is 3.41. The molecule has 0 heterocycles. The van der Waals surface area contributed by atoms with Gasteiger partial charge in [-0.25, -0.2) is 4.39 Å². The number of carbonyl (C=O) groups excluding carboxylic acids is 1. The highest BCUT2D eigenvalue weighted by atomic mass is 19.1. The fraction of sp³-hybridized carbons (Fsp3) is 0.278. The molecule has 0 aliphatic heterocycles. The van der Waals surface area contributed by atoms with E-state index in [0.29, 0.717) is 24.3 Å². The van der Waals surface area contributed by atoms with E-state index in [-0.39, 0.29) is 18.3 Å². The van der Waals surface area contributed by atoms with Crippen molar-refractivity contribution in [2.75, 3.05) is 6.54 Å². The predicted molar refractivity (Wildman–Crippen MR) is 85.6 cm³/mol. The SMILES string of the molecule is CC(Oc1cccc(CO)c1)C(=O)NCCc1ccccc1F. The Balaban J connectivity index is 1.82. The molecular weight excluding hydrogens is 297 g/mol. The van der Waals surface area contributed by atoms with Crippen molar-refractivity contribution in [2.24, 2.45) is 0 Å². The van der Waals surface area contributed by atoms with Gasteiger partial charge < -0.3 is 15.2 Å². The van der Waals surface area contributed by atoms with Crippen molar-refractivity contribution in [1.29, 1.82) is 0 Å². The van der Waals surface area contributed by atoms with E-state index >= 15 is 0 Å². The Kier molecular flexibility index (Phi) is 6.11. The Morgan fingerprint density at radius 1 is 1.26 bits per heavy atom. The van der Waals surface area contributed by atoms with Gasteiger partial charge in [0.05, 0.1) is 6.61 Å². The van der Waals surface area contributed by atoms with Crippen LogP contribution in [0.3, 0.4) is 0 Å². The van der Waals surface area contributed by atoms with Gasteiger partial charge in [0.15, 0.2) is 6.10 Å². The topological polar surface area (TPSA) is 58.6 Å². The fourth-order valence-corrected chi connectivity index (χ4v) is 2.14. The number of rotatable bonds is 7. The maximum Gasteiger partial charge on any atom is 0.260 e. The van der Waals surface area contributed by atoms with Crippen LogP contribution in [0.5, 0.6) is 5.75 Å². The van der Waals surface area contributed by atoms with Crippen LogP contribution in [0.2, 0.25) is 0 Å². The fourth-order valence-electron chi connectivity index (χ4n) is 2.14. The third-order valence-electron chi connectivity index (χ3n) is 3.41. The summed E-state index contributed by atoms with van der Waals surface area (Å²) in [6, 6.07) is 13.4. The van der Waals surface area contributed by atoms with Gasteiger partial charge in [0.1, 0.15) is 11.6 Å². The summed E-state index contributed by atoms with van der Waals surface area (Å²) in [4.78, 5) is 12.0. The molecule has 0 spiro atoms. The van der Waals surface area contributed by atoms with Gasteiger partial charge in [0, 0.05) is 6.54 Å². The van der Waals surface area contributed by atoms with E-state index in [0.717, 1.165) is 5.56 Å². The van der Waals surface area contributed by atoms with Crippen molar-refractivity contribution in [3.8, 4) is 5.75 Å². The first-order valence-electron chi connectivity index (χ1n) is 7.47. The molecule has 0 saturated heterocycles. The molecule has 0 fully saturated rings. The molecule has 0 aliphatic carbocycles. The van der Waals surface area contributed by atoms with Gasteiger partial charge in [-0.1, -0.05) is 30.3 Å². The summed E-state index contributed by atoms with van der Waals surface area (Å²) in [5.41, 5.74) is 1.28. The predicted octanol–water partition coefficient (Wildman–Crippen LogP) is 2.44. The molecule has 0 radical (unpaired) electrons. The van der Waals surface area contributed by atoms with Gasteiger partial charge in [-0.3, -0.25) is 4.79 Å². The quantitative estimate of drug-likeness (QED) is 0.825. The minimum absolute atomic E-state index is 0.0829. The summed E-state index contributed by atoms with van der Waals surface area (Å²) < 4.78 is 19.0. The first-order chi connectivity index (χ1) is 11.1. The molecule has 122 valence electrons. The molecule has 0 saturated carbocycles. The highest BCUT2D eigenvalue weighted by Gasteiger charge is 2.14. The average Bonchev–Trinajstić information content (AvgIpc) is 2.56. The van der Waals surface area contributed by atoms with Gasteiger partial charge in [-0.15, -0.1) is 0 Å². The van der Waals surface area contributed by atoms with Gasteiger partial charge in [0.25, 0.3) is 5.91 Å². The third kappa shape index (κ3) is 5.07. The molecule has 4 nitrogen and oxygen atoms in total. The van der Waals surface area contributed by atoms with Crippen LogP contribution in [0.1, 0.15) is 18.1 Å². The van der Waals surface area contributed by atoms with Crippen LogP contribution in [0.4, 0.5) is 4.39 Å². The van der Waals surface area contributed by atoms with E-state index in [1.54, 1.807) is 49.4 Å². The minimum Gasteiger partial charge on any atom is -0.481 e. The second kappa shape index (κ2) is 8.29. The van der Waals surface area contributed by atoms with E-state index in [1.165, 1.54) is 6.07 Å². The largest absolute Gasteiger partial charge is 0.481 e. The zero-order chi connectivity index (χ0) is 16.7. The normalized spacial score (nSPS) is 11.8. The van der Waals surface area contributed by atoms with Crippen LogP contribution in [-0.2, 0) is 17.8 Å². The van der Waals surface area contributed by atoms with E-state index in [1.807, 2.05) is 0 Å². The van der Waals surface area contributed by atoms with E-state index in [9.17, 15) is 9.18 Å². The number of halogens is 1. The number of amides is 1. The molecule has 5 heteroatoms. The Morgan fingerprint density at radius 3 is 2.78 bits per heavy atom. The number of hydrogen-bond donors (Lipinski definition) is 2. The van der Waals surface area contributed by atoms with Gasteiger partial charge >= 0.3 is 0 Å². The van der Waals surface area contributed by atoms with Crippen LogP contribution < -0.4 is 10.1 Å². The number of nitrogens with one attached hydrogen (secondary N) is 1. The first kappa shape index (κ1) is 17.0. The lowest BCUT2D eigenvalue weighted by Crippen LogP contribution is -2.37. The van der Waals surface area contributed by atoms with Crippen molar-refractivity contribution < 1.29 is 19.0 Å². The van der Waals surface area contributed by atoms with Crippen molar-refractivity contribution >= 4 is 5.91 Å². The summed E-state index contributed by atoms with van der Waals surface area (Å²) in [5, 5.41) is 11.8. The summed E-state index contributed by atoms with van der Waals surface area (Å²) in [7, 11) is 0. The lowest BCUT2D eigenvalue weighted by atomic mass is 10.1. The van der Waals surface area contributed by atoms with Gasteiger partial charge in [-0.2, -0.15) is 0 Å². The molecular formula is C18H20FNO3. The van der Waals surface area contributed by atoms with E-state index in [4.69, 9.17) is 9.84 Å². The molecule has 2 N–H and O–H groups in total. The monoisotopic (exact) mass is 317 g/mol. The number of hydrogen-bond acceptors (Lipinski definition) is 3. The Bertz CT molecular complexity index is 660. The Morgan fingerprint density at radius 2 is 2.04 bits per heavy atom. The summed E-state index contributed by atoms with van der Waals surface area (Å²) in [6.45, 7) is 1.90. The minimum atomic E-state index is -0.676. The maximum absolute atomic E-state index is 13.5. The molecule has 0 bridgehead atoms. The first-order valence-corrected chi connectivity index (χ1v) is 7.47. The summed E-state index contributed by atoms with van der Waals surface area (Å²) >= 11 is 0. The maximum atomic E-state index is 13.5. The molecule has 1 unspecified atom stereocenters. The molecule has 0 aromatic heterocycles. The highest BCUT2D eigenvalue weighted by molar-refractivity contribution is 5.80. The van der Waals surface area contributed by atoms with Crippen LogP contribution in [0, 0.1) is 5.82 Å². The standard InChI is InChI=1S/C18H20FNO3/c1-13(23-16-7-4-5-14(11-16)12-21)18(22)20-10-9-15-6-2-3-8-17(15)19/h2-8,11,13,21H,9-10,12H2,1H3,(H,20,22). The second-order valence-corrected chi connectivity index (χ2v) is 5.20. The molecule has 2 aromatic rings.